The van der Waals surface area contributed by atoms with Crippen LogP contribution in [0.4, 0.5) is 0 Å². The van der Waals surface area contributed by atoms with Gasteiger partial charge >= 0.3 is 0 Å². The molecule has 0 bridgehead atoms. The van der Waals surface area contributed by atoms with Gasteiger partial charge in [0.05, 0.1) is 24.9 Å². The van der Waals surface area contributed by atoms with Crippen molar-refractivity contribution in [3.05, 3.63) is 83.9 Å². The first-order valence-electron chi connectivity index (χ1n) is 9.96. The molecule has 29 heavy (non-hydrogen) atoms. The van der Waals surface area contributed by atoms with E-state index >= 15 is 0 Å². The lowest BCUT2D eigenvalue weighted by molar-refractivity contribution is 0.0556. The molecule has 0 spiro atoms. The average molecular weight is 388 g/mol. The number of nitrogens with zero attached hydrogens (tertiary/aromatic N) is 4. The summed E-state index contributed by atoms with van der Waals surface area (Å²) < 4.78 is 7.42. The summed E-state index contributed by atoms with van der Waals surface area (Å²) in [5.41, 5.74) is 2.95. The number of methoxy groups -OCH3 is 1. The number of fused-ring (bicyclic) bond motifs is 3. The molecule has 0 saturated carbocycles. The summed E-state index contributed by atoms with van der Waals surface area (Å²) in [6.07, 6.45) is 3.88. The van der Waals surface area contributed by atoms with E-state index in [-0.39, 0.29) is 18.0 Å². The van der Waals surface area contributed by atoms with Crippen LogP contribution in [-0.2, 0) is 13.1 Å². The molecular formula is C23H24N4O2. The molecule has 1 fully saturated rings. The quantitative estimate of drug-likeness (QED) is 0.674. The number of aromatic nitrogens is 2. The lowest BCUT2D eigenvalue weighted by Gasteiger charge is -2.38. The van der Waals surface area contributed by atoms with Gasteiger partial charge in [-0.05, 0) is 42.0 Å². The van der Waals surface area contributed by atoms with Crippen molar-refractivity contribution >= 4 is 5.91 Å². The molecule has 0 N–H and O–H groups in total. The van der Waals surface area contributed by atoms with Crippen LogP contribution in [0.1, 0.15) is 27.8 Å². The predicted octanol–water partition coefficient (Wildman–Crippen LogP) is 2.97. The molecule has 5 rings (SSSR count). The van der Waals surface area contributed by atoms with Gasteiger partial charge in [-0.1, -0.05) is 18.2 Å². The Kier molecular flexibility index (Phi) is 4.56. The fraction of sp³-hybridized carbons (Fsp3) is 0.304. The van der Waals surface area contributed by atoms with E-state index in [1.807, 2.05) is 65.8 Å². The van der Waals surface area contributed by atoms with Crippen LogP contribution in [0.5, 0.6) is 5.75 Å². The zero-order chi connectivity index (χ0) is 19.8. The Bertz CT molecular complexity index is 999. The maximum absolute atomic E-state index is 13.3. The molecule has 0 unspecified atom stereocenters. The Morgan fingerprint density at radius 1 is 1.00 bits per heavy atom. The lowest BCUT2D eigenvalue weighted by atomic mass is 10.0. The molecule has 0 radical (unpaired) electrons. The second-order valence-electron chi connectivity index (χ2n) is 7.73. The third-order valence-corrected chi connectivity index (χ3v) is 5.97. The van der Waals surface area contributed by atoms with Gasteiger partial charge in [-0.25, -0.2) is 0 Å². The summed E-state index contributed by atoms with van der Waals surface area (Å²) in [7, 11) is 1.66. The van der Waals surface area contributed by atoms with Gasteiger partial charge in [0.2, 0.25) is 0 Å². The van der Waals surface area contributed by atoms with E-state index < -0.39 is 0 Å². The number of carbonyl (C=O) groups is 1. The smallest absolute Gasteiger partial charge is 0.271 e. The van der Waals surface area contributed by atoms with Crippen LogP contribution in [0.15, 0.2) is 67.0 Å². The number of carbonyl (C=O) groups excluding carboxylic acids is 1. The molecule has 4 heterocycles. The Morgan fingerprint density at radius 2 is 1.83 bits per heavy atom. The highest BCUT2D eigenvalue weighted by Crippen LogP contribution is 2.35. The van der Waals surface area contributed by atoms with Crippen molar-refractivity contribution in [2.45, 2.75) is 25.2 Å². The minimum absolute atomic E-state index is 0.103. The molecule has 2 aromatic heterocycles. The monoisotopic (exact) mass is 388 g/mol. The van der Waals surface area contributed by atoms with Crippen molar-refractivity contribution in [2.75, 3.05) is 20.2 Å². The van der Waals surface area contributed by atoms with E-state index in [1.165, 1.54) is 0 Å². The van der Waals surface area contributed by atoms with Crippen LogP contribution in [0.2, 0.25) is 0 Å². The topological polar surface area (TPSA) is 50.6 Å². The summed E-state index contributed by atoms with van der Waals surface area (Å²) in [6, 6.07) is 18.3. The molecule has 2 aliphatic heterocycles. The van der Waals surface area contributed by atoms with Crippen molar-refractivity contribution in [2.24, 2.45) is 0 Å². The molecule has 1 saturated heterocycles. The molecule has 148 valence electrons. The maximum atomic E-state index is 13.3. The van der Waals surface area contributed by atoms with Crippen LogP contribution in [0.3, 0.4) is 0 Å². The summed E-state index contributed by atoms with van der Waals surface area (Å²) >= 11 is 0. The van der Waals surface area contributed by atoms with Crippen molar-refractivity contribution < 1.29 is 9.53 Å². The number of rotatable bonds is 5. The second-order valence-corrected chi connectivity index (χ2v) is 7.73. The van der Waals surface area contributed by atoms with Crippen LogP contribution < -0.4 is 4.74 Å². The number of amides is 1. The standard InChI is InChI=1S/C23H24N4O2/c1-29-19-9-7-17(8-10-19)13-27-22-16-25(14-18-5-2-3-11-24-18)15-21(22)26-12-4-6-20(26)23(27)28/h2-12,21-22H,13-16H2,1H3/t21-,22-/m0/s1. The van der Waals surface area contributed by atoms with Gasteiger partial charge < -0.3 is 14.2 Å². The highest BCUT2D eigenvalue weighted by Gasteiger charge is 2.44. The average Bonchev–Trinajstić information content (AvgIpc) is 3.39. The zero-order valence-corrected chi connectivity index (χ0v) is 16.4. The van der Waals surface area contributed by atoms with E-state index in [4.69, 9.17) is 4.74 Å². The van der Waals surface area contributed by atoms with Gasteiger partial charge in [0.15, 0.2) is 0 Å². The number of ether oxygens (including phenoxy) is 1. The summed E-state index contributed by atoms with van der Waals surface area (Å²) in [5, 5.41) is 0. The molecule has 2 aliphatic rings. The summed E-state index contributed by atoms with van der Waals surface area (Å²) in [6.45, 7) is 3.16. The fourth-order valence-electron chi connectivity index (χ4n) is 4.56. The van der Waals surface area contributed by atoms with Crippen LogP contribution in [-0.4, -0.2) is 51.5 Å². The first-order valence-corrected chi connectivity index (χ1v) is 9.96. The van der Waals surface area contributed by atoms with Crippen LogP contribution >= 0.6 is 0 Å². The van der Waals surface area contributed by atoms with Crippen LogP contribution in [0, 0.1) is 0 Å². The first kappa shape index (κ1) is 17.9. The molecule has 6 heteroatoms. The Labute approximate surface area is 170 Å². The van der Waals surface area contributed by atoms with Gasteiger partial charge in [-0.2, -0.15) is 0 Å². The summed E-state index contributed by atoms with van der Waals surface area (Å²) in [4.78, 5) is 22.2. The Balaban J connectivity index is 1.41. The lowest BCUT2D eigenvalue weighted by Crippen LogP contribution is -2.49. The second kappa shape index (κ2) is 7.37. The highest BCUT2D eigenvalue weighted by molar-refractivity contribution is 5.94. The van der Waals surface area contributed by atoms with E-state index in [9.17, 15) is 4.79 Å². The first-order chi connectivity index (χ1) is 14.2. The van der Waals surface area contributed by atoms with Gasteiger partial charge in [-0.15, -0.1) is 0 Å². The molecular weight excluding hydrogens is 364 g/mol. The normalized spacial score (nSPS) is 21.1. The molecule has 2 atom stereocenters. The van der Waals surface area contributed by atoms with E-state index in [1.54, 1.807) is 7.11 Å². The number of benzene rings is 1. The molecule has 1 amide bonds. The predicted molar refractivity (Wildman–Crippen MR) is 110 cm³/mol. The minimum atomic E-state index is 0.103. The van der Waals surface area contributed by atoms with Gasteiger partial charge in [0, 0.05) is 38.6 Å². The minimum Gasteiger partial charge on any atom is -0.497 e. The molecule has 1 aromatic carbocycles. The fourth-order valence-corrected chi connectivity index (χ4v) is 4.56. The van der Waals surface area contributed by atoms with E-state index in [2.05, 4.69) is 20.5 Å². The van der Waals surface area contributed by atoms with Crippen molar-refractivity contribution in [1.82, 2.24) is 19.4 Å². The van der Waals surface area contributed by atoms with Gasteiger partial charge in [-0.3, -0.25) is 14.7 Å². The van der Waals surface area contributed by atoms with Crippen molar-refractivity contribution in [1.29, 1.82) is 0 Å². The summed E-state index contributed by atoms with van der Waals surface area (Å²) in [5.74, 6) is 0.930. The number of likely N-dealkylation sites (tertiary alicyclic amines) is 1. The SMILES string of the molecule is COc1ccc(CN2C(=O)c3cccn3[C@H]3CN(Cc4ccccn4)C[C@@H]32)cc1. The largest absolute Gasteiger partial charge is 0.497 e. The highest BCUT2D eigenvalue weighted by atomic mass is 16.5. The van der Waals surface area contributed by atoms with Gasteiger partial charge in [0.25, 0.3) is 5.91 Å². The van der Waals surface area contributed by atoms with Crippen LogP contribution in [0.25, 0.3) is 0 Å². The number of pyridine rings is 1. The molecule has 3 aromatic rings. The third kappa shape index (κ3) is 3.29. The number of hydrogen-bond donors (Lipinski definition) is 0. The number of hydrogen-bond acceptors (Lipinski definition) is 4. The zero-order valence-electron chi connectivity index (χ0n) is 16.4. The third-order valence-electron chi connectivity index (χ3n) is 5.97. The Morgan fingerprint density at radius 3 is 2.59 bits per heavy atom. The van der Waals surface area contributed by atoms with Crippen molar-refractivity contribution in [3.8, 4) is 5.75 Å². The molecule has 0 aliphatic carbocycles. The molecule has 6 nitrogen and oxygen atoms in total. The Hall–Kier alpha value is -3.12. The van der Waals surface area contributed by atoms with E-state index in [0.29, 0.717) is 6.54 Å². The maximum Gasteiger partial charge on any atom is 0.271 e. The van der Waals surface area contributed by atoms with Crippen molar-refractivity contribution in [3.63, 3.8) is 0 Å². The van der Waals surface area contributed by atoms with Gasteiger partial charge in [0.1, 0.15) is 11.4 Å². The van der Waals surface area contributed by atoms with E-state index in [0.717, 1.165) is 42.3 Å².